The first-order chi connectivity index (χ1) is 17.4. The Morgan fingerprint density at radius 2 is 1.75 bits per heavy atom. The smallest absolute Gasteiger partial charge is 0.387 e. The predicted molar refractivity (Wildman–Crippen MR) is 125 cm³/mol. The van der Waals surface area contributed by atoms with Gasteiger partial charge in [0.05, 0.1) is 10.6 Å². The van der Waals surface area contributed by atoms with Crippen LogP contribution in [-0.2, 0) is 0 Å². The molecular formula is C22H14F2N6O5S. The van der Waals surface area contributed by atoms with Crippen molar-refractivity contribution in [2.45, 2.75) is 11.8 Å². The lowest BCUT2D eigenvalue weighted by atomic mass is 10.1. The number of rotatable bonds is 9. The maximum atomic E-state index is 13.2. The zero-order chi connectivity index (χ0) is 25.5. The van der Waals surface area contributed by atoms with Crippen molar-refractivity contribution in [3.63, 3.8) is 0 Å². The molecule has 182 valence electrons. The lowest BCUT2D eigenvalue weighted by molar-refractivity contribution is -0.384. The topological polar surface area (TPSA) is 146 Å². The molecule has 0 spiro atoms. The monoisotopic (exact) mass is 512 g/mol. The normalized spacial score (nSPS) is 11.4. The van der Waals surface area contributed by atoms with E-state index in [1.807, 2.05) is 0 Å². The minimum absolute atomic E-state index is 0.0112. The summed E-state index contributed by atoms with van der Waals surface area (Å²) in [7, 11) is 0. The Balaban J connectivity index is 1.59. The average molecular weight is 512 g/mol. The second-order valence-corrected chi connectivity index (χ2v) is 7.72. The molecule has 0 aliphatic heterocycles. The number of hydrogen-bond acceptors (Lipinski definition) is 11. The van der Waals surface area contributed by atoms with Gasteiger partial charge in [0.2, 0.25) is 11.7 Å². The molecule has 2 aromatic heterocycles. The summed E-state index contributed by atoms with van der Waals surface area (Å²) in [4.78, 5) is 27.4. The fourth-order valence-electron chi connectivity index (χ4n) is 2.75. The molecule has 2 aromatic carbocycles. The van der Waals surface area contributed by atoms with Gasteiger partial charge in [-0.2, -0.15) is 13.9 Å². The molecule has 0 unspecified atom stereocenters. The van der Waals surface area contributed by atoms with Crippen LogP contribution in [-0.4, -0.2) is 37.5 Å². The number of alkyl halides is 2. The number of carbonyl (C=O) groups is 1. The average Bonchev–Trinajstić information content (AvgIpc) is 3.36. The first kappa shape index (κ1) is 24.4. The number of hydrazone groups is 1. The van der Waals surface area contributed by atoms with Crippen LogP contribution >= 0.6 is 11.8 Å². The molecule has 0 aliphatic rings. The Kier molecular flexibility index (Phi) is 7.55. The number of aromatic nitrogens is 3. The summed E-state index contributed by atoms with van der Waals surface area (Å²) in [6.45, 7) is -3.00. The Bertz CT molecular complexity index is 1380. The number of thioether (sulfide) groups is 1. The molecule has 0 atom stereocenters. The van der Waals surface area contributed by atoms with Crippen molar-refractivity contribution in [2.75, 3.05) is 5.43 Å². The number of benzene rings is 2. The highest BCUT2D eigenvalue weighted by atomic mass is 32.2. The van der Waals surface area contributed by atoms with Gasteiger partial charge in [0.25, 0.3) is 10.9 Å². The number of hydrogen-bond donors (Lipinski definition) is 1. The Hall–Kier alpha value is -4.72. The number of nitrogens with zero attached hydrogens (tertiary/aromatic N) is 5. The summed E-state index contributed by atoms with van der Waals surface area (Å²) in [6, 6.07) is 13.8. The van der Waals surface area contributed by atoms with E-state index in [2.05, 4.69) is 30.4 Å². The van der Waals surface area contributed by atoms with Crippen LogP contribution in [0.4, 0.5) is 20.2 Å². The molecule has 0 aliphatic carbocycles. The molecule has 36 heavy (non-hydrogen) atoms. The van der Waals surface area contributed by atoms with Gasteiger partial charge in [0.1, 0.15) is 5.75 Å². The van der Waals surface area contributed by atoms with Gasteiger partial charge in [-0.15, -0.1) is 10.2 Å². The third kappa shape index (κ3) is 6.24. The van der Waals surface area contributed by atoms with Gasteiger partial charge < -0.3 is 9.15 Å². The van der Waals surface area contributed by atoms with Crippen molar-refractivity contribution < 1.29 is 27.7 Å². The maximum absolute atomic E-state index is 13.2. The summed E-state index contributed by atoms with van der Waals surface area (Å²) in [6.07, 6.45) is 3.11. The SMILES string of the molecule is O=C(/C(=N\Nc1ccc([N+](=O)[O-])cc1)Sc1nnc(-c2ccncc2)o1)c1ccc(OC(F)F)cc1. The zero-order valence-corrected chi connectivity index (χ0v) is 18.8. The molecule has 4 rings (SSSR count). The molecule has 11 nitrogen and oxygen atoms in total. The van der Waals surface area contributed by atoms with Crippen LogP contribution in [0.1, 0.15) is 10.4 Å². The summed E-state index contributed by atoms with van der Waals surface area (Å²) in [5.41, 5.74) is 3.66. The van der Waals surface area contributed by atoms with Crippen LogP contribution in [0.15, 0.2) is 87.8 Å². The van der Waals surface area contributed by atoms with Gasteiger partial charge in [-0.05, 0) is 60.3 Å². The number of nitro benzene ring substituents is 1. The molecule has 0 bridgehead atoms. The molecule has 0 amide bonds. The number of Topliss-reactive ketones (excluding diaryl/α,β-unsaturated/α-hetero) is 1. The van der Waals surface area contributed by atoms with Crippen LogP contribution in [0, 0.1) is 10.1 Å². The van der Waals surface area contributed by atoms with Gasteiger partial charge in [-0.1, -0.05) is 0 Å². The fourth-order valence-corrected chi connectivity index (χ4v) is 3.42. The molecule has 0 radical (unpaired) electrons. The van der Waals surface area contributed by atoms with Crippen molar-refractivity contribution in [1.29, 1.82) is 0 Å². The molecule has 0 saturated heterocycles. The number of ether oxygens (including phenoxy) is 1. The number of halogens is 2. The molecule has 14 heteroatoms. The van der Waals surface area contributed by atoms with E-state index < -0.39 is 17.3 Å². The van der Waals surface area contributed by atoms with E-state index in [0.717, 1.165) is 11.8 Å². The van der Waals surface area contributed by atoms with E-state index in [9.17, 15) is 23.7 Å². The molecule has 1 N–H and O–H groups in total. The number of anilines is 1. The molecular weight excluding hydrogens is 498 g/mol. The number of carbonyl (C=O) groups excluding carboxylic acids is 1. The summed E-state index contributed by atoms with van der Waals surface area (Å²) in [5, 5.41) is 22.7. The highest BCUT2D eigenvalue weighted by Gasteiger charge is 2.21. The van der Waals surface area contributed by atoms with Crippen molar-refractivity contribution in [3.8, 4) is 17.2 Å². The fraction of sp³-hybridized carbons (Fsp3) is 0.0455. The minimum atomic E-state index is -3.00. The number of non-ortho nitro benzene ring substituents is 1. The number of ketones is 1. The summed E-state index contributed by atoms with van der Waals surface area (Å²) >= 11 is 0.772. The number of nitro groups is 1. The number of pyridine rings is 1. The van der Waals surface area contributed by atoms with Crippen LogP contribution in [0.5, 0.6) is 5.75 Å². The summed E-state index contributed by atoms with van der Waals surface area (Å²) < 4.78 is 34.8. The first-order valence-corrected chi connectivity index (χ1v) is 10.8. The second-order valence-electron chi connectivity index (χ2n) is 6.78. The van der Waals surface area contributed by atoms with Gasteiger partial charge in [-0.25, -0.2) is 0 Å². The third-order valence-corrected chi connectivity index (χ3v) is 5.23. The Morgan fingerprint density at radius 3 is 2.39 bits per heavy atom. The molecule has 2 heterocycles. The predicted octanol–water partition coefficient (Wildman–Crippen LogP) is 5.04. The minimum Gasteiger partial charge on any atom is -0.435 e. The Morgan fingerprint density at radius 1 is 1.06 bits per heavy atom. The van der Waals surface area contributed by atoms with Gasteiger partial charge in [0.15, 0.2) is 5.04 Å². The van der Waals surface area contributed by atoms with Crippen LogP contribution < -0.4 is 10.2 Å². The van der Waals surface area contributed by atoms with E-state index in [-0.39, 0.29) is 33.2 Å². The molecule has 0 fully saturated rings. The van der Waals surface area contributed by atoms with Gasteiger partial charge >= 0.3 is 6.61 Å². The maximum Gasteiger partial charge on any atom is 0.387 e. The third-order valence-electron chi connectivity index (χ3n) is 4.42. The van der Waals surface area contributed by atoms with Crippen LogP contribution in [0.2, 0.25) is 0 Å². The van der Waals surface area contributed by atoms with Gasteiger partial charge in [0, 0.05) is 35.7 Å². The number of nitrogens with one attached hydrogen (secondary N) is 1. The highest BCUT2D eigenvalue weighted by molar-refractivity contribution is 8.15. The van der Waals surface area contributed by atoms with E-state index in [1.165, 1.54) is 48.5 Å². The summed E-state index contributed by atoms with van der Waals surface area (Å²) in [5.74, 6) is -0.499. The lowest BCUT2D eigenvalue weighted by Gasteiger charge is -2.07. The largest absolute Gasteiger partial charge is 0.435 e. The zero-order valence-electron chi connectivity index (χ0n) is 17.9. The lowest BCUT2D eigenvalue weighted by Crippen LogP contribution is -2.13. The van der Waals surface area contributed by atoms with E-state index >= 15 is 0 Å². The van der Waals surface area contributed by atoms with Crippen molar-refractivity contribution in [1.82, 2.24) is 15.2 Å². The first-order valence-electron chi connectivity index (χ1n) is 9.98. The Labute approximate surface area is 205 Å². The van der Waals surface area contributed by atoms with E-state index in [0.29, 0.717) is 11.3 Å². The molecule has 0 saturated carbocycles. The second kappa shape index (κ2) is 11.1. The van der Waals surface area contributed by atoms with Crippen molar-refractivity contribution >= 4 is 34.0 Å². The quantitative estimate of drug-likeness (QED) is 0.0808. The molecule has 4 aromatic rings. The van der Waals surface area contributed by atoms with Crippen molar-refractivity contribution in [3.05, 3.63) is 88.7 Å². The van der Waals surface area contributed by atoms with Crippen molar-refractivity contribution in [2.24, 2.45) is 5.10 Å². The van der Waals surface area contributed by atoms with Crippen LogP contribution in [0.3, 0.4) is 0 Å². The van der Waals surface area contributed by atoms with Gasteiger partial charge in [-0.3, -0.25) is 25.3 Å². The standard InChI is InChI=1S/C22H14F2N6O5S/c23-21(24)34-17-7-1-13(2-8-17)18(31)20(28-26-15-3-5-16(6-4-15)30(32)33)36-22-29-27-19(35-22)14-9-11-25-12-10-14/h1-12,21,26H/b28-20+. The highest BCUT2D eigenvalue weighted by Crippen LogP contribution is 2.26. The van der Waals surface area contributed by atoms with E-state index in [4.69, 9.17) is 4.42 Å². The van der Waals surface area contributed by atoms with Crippen LogP contribution in [0.25, 0.3) is 11.5 Å². The van der Waals surface area contributed by atoms with E-state index in [1.54, 1.807) is 24.5 Å².